The summed E-state index contributed by atoms with van der Waals surface area (Å²) in [6, 6.07) is 11.3. The monoisotopic (exact) mass is 436 g/mol. The number of carbonyl (C=O) groups is 2. The average molecular weight is 437 g/mol. The minimum atomic E-state index is -0.720. The van der Waals surface area contributed by atoms with Gasteiger partial charge in [-0.1, -0.05) is 11.6 Å². The molecule has 0 radical (unpaired) electrons. The van der Waals surface area contributed by atoms with Crippen LogP contribution in [0, 0.1) is 5.92 Å². The van der Waals surface area contributed by atoms with Crippen molar-refractivity contribution in [1.29, 1.82) is 0 Å². The number of aliphatic hydroxyl groups is 1. The van der Waals surface area contributed by atoms with Gasteiger partial charge in [0.15, 0.2) is 0 Å². The third-order valence-electron chi connectivity index (χ3n) is 4.97. The molecule has 1 atom stereocenters. The van der Waals surface area contributed by atoms with Gasteiger partial charge < -0.3 is 26.4 Å². The normalized spacial score (nSPS) is 15.7. The van der Waals surface area contributed by atoms with Gasteiger partial charge in [0.25, 0.3) is 5.91 Å². The molecule has 9 heteroatoms. The Morgan fingerprint density at radius 2 is 1.86 bits per heavy atom. The van der Waals surface area contributed by atoms with E-state index in [1.807, 2.05) is 24.3 Å². The van der Waals surface area contributed by atoms with E-state index >= 15 is 0 Å². The van der Waals surface area contributed by atoms with Gasteiger partial charge in [0.1, 0.15) is 0 Å². The third-order valence-corrected chi connectivity index (χ3v) is 6.20. The molecule has 1 unspecified atom stereocenters. The van der Waals surface area contributed by atoms with E-state index in [0.717, 1.165) is 37.3 Å². The molecule has 3 rings (SSSR count). The number of benzene rings is 1. The van der Waals surface area contributed by atoms with Crippen LogP contribution in [0.5, 0.6) is 0 Å². The van der Waals surface area contributed by atoms with E-state index < -0.39 is 6.10 Å². The first-order valence-electron chi connectivity index (χ1n) is 9.52. The van der Waals surface area contributed by atoms with Crippen molar-refractivity contribution in [2.75, 3.05) is 36.4 Å². The van der Waals surface area contributed by atoms with Gasteiger partial charge in [-0.25, -0.2) is 0 Å². The molecule has 5 N–H and O–H groups in total. The van der Waals surface area contributed by atoms with Crippen molar-refractivity contribution in [2.45, 2.75) is 18.9 Å². The molecular weight excluding hydrogens is 412 g/mol. The first-order valence-corrected chi connectivity index (χ1v) is 10.7. The zero-order valence-corrected chi connectivity index (χ0v) is 17.5. The number of carbonyl (C=O) groups excluding carboxylic acids is 2. The second-order valence-electron chi connectivity index (χ2n) is 7.06. The Hall–Kier alpha value is -2.29. The second-order valence-corrected chi connectivity index (χ2v) is 8.77. The molecule has 1 aromatic carbocycles. The standard InChI is InChI=1S/C20H25ClN4O3S/c21-18-6-5-17(29-18)20(28)24-12-16(26)11-23-14-1-3-15(4-2-14)25-9-7-13(8-10-25)19(22)27/h1-6,13,16,23,26H,7-12H2,(H2,22,27)(H,24,28). The molecular formula is C20H25ClN4O3S. The molecule has 29 heavy (non-hydrogen) atoms. The summed E-state index contributed by atoms with van der Waals surface area (Å²) in [4.78, 5) is 26.0. The van der Waals surface area contributed by atoms with Crippen LogP contribution in [-0.2, 0) is 4.79 Å². The van der Waals surface area contributed by atoms with E-state index in [1.54, 1.807) is 12.1 Å². The number of piperidine rings is 1. The van der Waals surface area contributed by atoms with Gasteiger partial charge in [-0.15, -0.1) is 11.3 Å². The number of aliphatic hydroxyl groups excluding tert-OH is 1. The number of primary amides is 1. The van der Waals surface area contributed by atoms with E-state index in [0.29, 0.717) is 15.8 Å². The molecule has 7 nitrogen and oxygen atoms in total. The molecule has 0 spiro atoms. The molecule has 1 aliphatic heterocycles. The highest BCUT2D eigenvalue weighted by atomic mass is 35.5. The maximum Gasteiger partial charge on any atom is 0.261 e. The highest BCUT2D eigenvalue weighted by molar-refractivity contribution is 7.17. The summed E-state index contributed by atoms with van der Waals surface area (Å²) >= 11 is 7.02. The number of anilines is 2. The van der Waals surface area contributed by atoms with Gasteiger partial charge in [0.2, 0.25) is 5.91 Å². The number of hydrogen-bond acceptors (Lipinski definition) is 6. The number of thiophene rings is 1. The van der Waals surface area contributed by atoms with E-state index in [2.05, 4.69) is 15.5 Å². The predicted octanol–water partition coefficient (Wildman–Crippen LogP) is 2.31. The van der Waals surface area contributed by atoms with Gasteiger partial charge in [0.05, 0.1) is 15.3 Å². The zero-order valence-electron chi connectivity index (χ0n) is 15.9. The molecule has 1 aromatic heterocycles. The lowest BCUT2D eigenvalue weighted by atomic mass is 9.96. The lowest BCUT2D eigenvalue weighted by Gasteiger charge is -2.32. The second kappa shape index (κ2) is 9.96. The lowest BCUT2D eigenvalue weighted by Crippen LogP contribution is -2.38. The number of rotatable bonds is 8. The summed E-state index contributed by atoms with van der Waals surface area (Å²) in [5.74, 6) is -0.477. The molecule has 1 fully saturated rings. The topological polar surface area (TPSA) is 108 Å². The first kappa shape index (κ1) is 21.4. The number of nitrogens with one attached hydrogen (secondary N) is 2. The molecule has 0 aliphatic carbocycles. The predicted molar refractivity (Wildman–Crippen MR) is 117 cm³/mol. The van der Waals surface area contributed by atoms with Crippen LogP contribution in [0.3, 0.4) is 0 Å². The number of nitrogens with two attached hydrogens (primary N) is 1. The van der Waals surface area contributed by atoms with Crippen molar-refractivity contribution >= 4 is 46.1 Å². The maximum absolute atomic E-state index is 12.0. The van der Waals surface area contributed by atoms with Gasteiger partial charge in [-0.3, -0.25) is 9.59 Å². The molecule has 2 aromatic rings. The summed E-state index contributed by atoms with van der Waals surface area (Å²) in [5, 5.41) is 16.0. The van der Waals surface area contributed by atoms with Crippen LogP contribution < -0.4 is 21.3 Å². The smallest absolute Gasteiger partial charge is 0.261 e. The van der Waals surface area contributed by atoms with Crippen molar-refractivity contribution in [2.24, 2.45) is 11.7 Å². The molecule has 2 heterocycles. The highest BCUT2D eigenvalue weighted by Crippen LogP contribution is 2.24. The summed E-state index contributed by atoms with van der Waals surface area (Å²) in [6.45, 7) is 2.09. The minimum Gasteiger partial charge on any atom is -0.389 e. The van der Waals surface area contributed by atoms with Crippen LogP contribution in [0.4, 0.5) is 11.4 Å². The summed E-state index contributed by atoms with van der Waals surface area (Å²) in [7, 11) is 0. The maximum atomic E-state index is 12.0. The van der Waals surface area contributed by atoms with Crippen molar-refractivity contribution in [3.8, 4) is 0 Å². The van der Waals surface area contributed by atoms with Crippen molar-refractivity contribution < 1.29 is 14.7 Å². The molecule has 156 valence electrons. The Kier molecular flexibility index (Phi) is 7.35. The van der Waals surface area contributed by atoms with E-state index in [-0.39, 0.29) is 24.3 Å². The van der Waals surface area contributed by atoms with E-state index in [9.17, 15) is 14.7 Å². The van der Waals surface area contributed by atoms with Crippen LogP contribution >= 0.6 is 22.9 Å². The fourth-order valence-electron chi connectivity index (χ4n) is 3.25. The van der Waals surface area contributed by atoms with Crippen molar-refractivity contribution in [3.63, 3.8) is 0 Å². The van der Waals surface area contributed by atoms with Crippen molar-refractivity contribution in [1.82, 2.24) is 5.32 Å². The number of nitrogens with zero attached hydrogens (tertiary/aromatic N) is 1. The Labute approximate surface area is 178 Å². The van der Waals surface area contributed by atoms with Crippen LogP contribution in [0.1, 0.15) is 22.5 Å². The summed E-state index contributed by atoms with van der Waals surface area (Å²) in [5.41, 5.74) is 7.37. The van der Waals surface area contributed by atoms with Crippen LogP contribution in [-0.4, -0.2) is 49.2 Å². The largest absolute Gasteiger partial charge is 0.389 e. The fraction of sp³-hybridized carbons (Fsp3) is 0.400. The van der Waals surface area contributed by atoms with Gasteiger partial charge >= 0.3 is 0 Å². The highest BCUT2D eigenvalue weighted by Gasteiger charge is 2.23. The van der Waals surface area contributed by atoms with Gasteiger partial charge in [0, 0.05) is 43.5 Å². The molecule has 0 bridgehead atoms. The van der Waals surface area contributed by atoms with E-state index in [4.69, 9.17) is 17.3 Å². The van der Waals surface area contributed by atoms with Crippen LogP contribution in [0.25, 0.3) is 0 Å². The molecule has 2 amide bonds. The van der Waals surface area contributed by atoms with Gasteiger partial charge in [-0.05, 0) is 49.2 Å². The SMILES string of the molecule is NC(=O)C1CCN(c2ccc(NCC(O)CNC(=O)c3ccc(Cl)s3)cc2)CC1. The summed E-state index contributed by atoms with van der Waals surface area (Å²) in [6.07, 6.45) is 0.845. The van der Waals surface area contributed by atoms with Gasteiger partial charge in [-0.2, -0.15) is 0 Å². The van der Waals surface area contributed by atoms with Crippen LogP contribution in [0.2, 0.25) is 4.34 Å². The Balaban J connectivity index is 1.40. The minimum absolute atomic E-state index is 0.0222. The van der Waals surface area contributed by atoms with E-state index in [1.165, 1.54) is 11.3 Å². The van der Waals surface area contributed by atoms with Crippen LogP contribution in [0.15, 0.2) is 36.4 Å². The average Bonchev–Trinajstić information content (AvgIpc) is 3.17. The molecule has 0 saturated carbocycles. The Morgan fingerprint density at radius 3 is 2.45 bits per heavy atom. The number of halogens is 1. The van der Waals surface area contributed by atoms with Crippen molar-refractivity contribution in [3.05, 3.63) is 45.6 Å². The molecule has 1 aliphatic rings. The number of hydrogen-bond donors (Lipinski definition) is 4. The summed E-state index contributed by atoms with van der Waals surface area (Å²) < 4.78 is 0.554. The Bertz CT molecular complexity index is 835. The fourth-order valence-corrected chi connectivity index (χ4v) is 4.21. The zero-order chi connectivity index (χ0) is 20.8. The molecule has 1 saturated heterocycles. The third kappa shape index (κ3) is 6.09. The lowest BCUT2D eigenvalue weighted by molar-refractivity contribution is -0.122. The first-order chi connectivity index (χ1) is 13.9. The Morgan fingerprint density at radius 1 is 1.17 bits per heavy atom. The quantitative estimate of drug-likeness (QED) is 0.508. The number of amides is 2.